The SMILES string of the molecule is CCC1CC(N(Cc2cc(C(F)(F)F)cc(C(F)(F)F)c2)c2nnn(C)n2)c2cc(OC(F)(F)F)ccc2N1C(=O)COC. The molecular formula is C26H25F9N6O3. The number of alkyl halides is 9. The summed E-state index contributed by atoms with van der Waals surface area (Å²) in [5.41, 5.74) is -3.35. The van der Waals surface area contributed by atoms with Crippen molar-refractivity contribution >= 4 is 17.5 Å². The average molecular weight is 641 g/mol. The molecule has 0 aliphatic carbocycles. The maximum absolute atomic E-state index is 13.6. The van der Waals surface area contributed by atoms with Gasteiger partial charge in [-0.2, -0.15) is 31.1 Å². The van der Waals surface area contributed by atoms with E-state index in [1.54, 1.807) is 6.92 Å². The maximum atomic E-state index is 13.6. The predicted molar refractivity (Wildman–Crippen MR) is 135 cm³/mol. The number of amides is 1. The Bertz CT molecular complexity index is 1460. The van der Waals surface area contributed by atoms with Crippen molar-refractivity contribution < 1.29 is 53.8 Å². The molecule has 1 aliphatic heterocycles. The Kier molecular flexibility index (Phi) is 9.04. The molecule has 2 atom stereocenters. The zero-order chi connectivity index (χ0) is 32.6. The van der Waals surface area contributed by atoms with E-state index < -0.39 is 65.7 Å². The lowest BCUT2D eigenvalue weighted by molar-refractivity contribution is -0.274. The smallest absolute Gasteiger partial charge is 0.406 e. The molecule has 1 amide bonds. The summed E-state index contributed by atoms with van der Waals surface area (Å²) in [6, 6.07) is 2.59. The van der Waals surface area contributed by atoms with E-state index in [2.05, 4.69) is 20.1 Å². The van der Waals surface area contributed by atoms with Crippen molar-refractivity contribution in [1.29, 1.82) is 0 Å². The Balaban J connectivity index is 1.92. The largest absolute Gasteiger partial charge is 0.573 e. The highest BCUT2D eigenvalue weighted by molar-refractivity contribution is 5.96. The topological polar surface area (TPSA) is 85.6 Å². The molecule has 240 valence electrons. The quantitative estimate of drug-likeness (QED) is 0.277. The minimum absolute atomic E-state index is 0.0164. The molecular weight excluding hydrogens is 615 g/mol. The van der Waals surface area contributed by atoms with Crippen LogP contribution in [0, 0.1) is 0 Å². The van der Waals surface area contributed by atoms with E-state index in [1.807, 2.05) is 0 Å². The van der Waals surface area contributed by atoms with Crippen molar-refractivity contribution in [3.8, 4) is 5.75 Å². The number of fused-ring (bicyclic) bond motifs is 1. The van der Waals surface area contributed by atoms with Gasteiger partial charge in [-0.15, -0.1) is 18.3 Å². The first-order valence-corrected chi connectivity index (χ1v) is 12.9. The number of ether oxygens (including phenoxy) is 2. The van der Waals surface area contributed by atoms with Gasteiger partial charge in [0.25, 0.3) is 11.9 Å². The third-order valence-corrected chi connectivity index (χ3v) is 6.85. The van der Waals surface area contributed by atoms with Crippen LogP contribution < -0.4 is 14.5 Å². The molecule has 0 radical (unpaired) electrons. The molecule has 2 unspecified atom stereocenters. The van der Waals surface area contributed by atoms with Gasteiger partial charge in [0.05, 0.1) is 24.2 Å². The van der Waals surface area contributed by atoms with Crippen LogP contribution in [0.3, 0.4) is 0 Å². The van der Waals surface area contributed by atoms with Crippen molar-refractivity contribution in [2.24, 2.45) is 7.05 Å². The summed E-state index contributed by atoms with van der Waals surface area (Å²) in [5.74, 6) is -1.43. The number of nitrogens with zero attached hydrogens (tertiary/aromatic N) is 6. The number of aromatic nitrogens is 4. The number of hydrogen-bond donors (Lipinski definition) is 0. The van der Waals surface area contributed by atoms with Crippen molar-refractivity contribution in [3.05, 3.63) is 58.7 Å². The summed E-state index contributed by atoms with van der Waals surface area (Å²) < 4.78 is 130. The second kappa shape index (κ2) is 12.1. The van der Waals surface area contributed by atoms with Gasteiger partial charge in [0, 0.05) is 30.9 Å². The molecule has 0 spiro atoms. The summed E-state index contributed by atoms with van der Waals surface area (Å²) in [6.45, 7) is 0.713. The van der Waals surface area contributed by atoms with Crippen LogP contribution in [0.25, 0.3) is 0 Å². The number of hydrogen-bond acceptors (Lipinski definition) is 7. The van der Waals surface area contributed by atoms with Gasteiger partial charge in [0.2, 0.25) is 0 Å². The first-order chi connectivity index (χ1) is 20.4. The summed E-state index contributed by atoms with van der Waals surface area (Å²) in [5, 5.41) is 11.7. The first kappa shape index (κ1) is 32.8. The van der Waals surface area contributed by atoms with Crippen molar-refractivity contribution in [2.45, 2.75) is 57.1 Å². The molecule has 0 saturated carbocycles. The molecule has 9 nitrogen and oxygen atoms in total. The minimum Gasteiger partial charge on any atom is -0.406 e. The molecule has 3 aromatic rings. The van der Waals surface area contributed by atoms with Crippen molar-refractivity contribution in [2.75, 3.05) is 23.5 Å². The fourth-order valence-corrected chi connectivity index (χ4v) is 5.09. The van der Waals surface area contributed by atoms with Crippen molar-refractivity contribution in [3.63, 3.8) is 0 Å². The van der Waals surface area contributed by atoms with Gasteiger partial charge in [-0.1, -0.05) is 12.0 Å². The molecule has 0 N–H and O–H groups in total. The van der Waals surface area contributed by atoms with Gasteiger partial charge in [0.1, 0.15) is 12.4 Å². The fourth-order valence-electron chi connectivity index (χ4n) is 5.09. The molecule has 1 aliphatic rings. The number of anilines is 2. The van der Waals surface area contributed by atoms with Crippen LogP contribution in [0.5, 0.6) is 5.75 Å². The van der Waals surface area contributed by atoms with Gasteiger partial charge in [-0.25, -0.2) is 0 Å². The normalized spacial score (nSPS) is 17.4. The van der Waals surface area contributed by atoms with Crippen LogP contribution in [-0.2, 0) is 35.5 Å². The fraction of sp³-hybridized carbons (Fsp3) is 0.462. The van der Waals surface area contributed by atoms with Crippen LogP contribution in [0.1, 0.15) is 48.1 Å². The third kappa shape index (κ3) is 7.34. The molecule has 2 heterocycles. The number of tetrazole rings is 1. The Labute approximate surface area is 244 Å². The predicted octanol–water partition coefficient (Wildman–Crippen LogP) is 6.06. The zero-order valence-corrected chi connectivity index (χ0v) is 23.3. The second-order valence-electron chi connectivity index (χ2n) is 9.90. The number of benzene rings is 2. The zero-order valence-electron chi connectivity index (χ0n) is 23.3. The van der Waals surface area contributed by atoms with E-state index in [9.17, 15) is 44.3 Å². The average Bonchev–Trinajstić information content (AvgIpc) is 3.34. The lowest BCUT2D eigenvalue weighted by atomic mass is 9.88. The highest BCUT2D eigenvalue weighted by atomic mass is 19.4. The number of halogens is 9. The Hall–Kier alpha value is -4.09. The molecule has 18 heteroatoms. The monoisotopic (exact) mass is 640 g/mol. The van der Waals surface area contributed by atoms with Crippen LogP contribution in [0.2, 0.25) is 0 Å². The summed E-state index contributed by atoms with van der Waals surface area (Å²) >= 11 is 0. The number of methoxy groups -OCH3 is 1. The molecule has 4 rings (SSSR count). The molecule has 0 fully saturated rings. The van der Waals surface area contributed by atoms with Crippen LogP contribution in [0.15, 0.2) is 36.4 Å². The first-order valence-electron chi connectivity index (χ1n) is 12.9. The van der Waals surface area contributed by atoms with E-state index in [0.717, 1.165) is 16.9 Å². The lowest BCUT2D eigenvalue weighted by Crippen LogP contribution is -2.49. The third-order valence-electron chi connectivity index (χ3n) is 6.85. The van der Waals surface area contributed by atoms with E-state index in [4.69, 9.17) is 4.74 Å². The van der Waals surface area contributed by atoms with Crippen molar-refractivity contribution in [1.82, 2.24) is 20.2 Å². The van der Waals surface area contributed by atoms with Gasteiger partial charge in [-0.3, -0.25) is 4.79 Å². The number of rotatable bonds is 8. The van der Waals surface area contributed by atoms with Crippen LogP contribution in [-0.4, -0.2) is 52.2 Å². The van der Waals surface area contributed by atoms with Gasteiger partial charge in [-0.05, 0) is 60.0 Å². The highest BCUT2D eigenvalue weighted by Crippen LogP contribution is 2.45. The summed E-state index contributed by atoms with van der Waals surface area (Å²) in [7, 11) is 2.64. The molecule has 0 saturated heterocycles. The maximum Gasteiger partial charge on any atom is 0.573 e. The molecule has 0 bridgehead atoms. The Morgan fingerprint density at radius 2 is 1.64 bits per heavy atom. The Morgan fingerprint density at radius 3 is 2.14 bits per heavy atom. The van der Waals surface area contributed by atoms with Crippen LogP contribution in [0.4, 0.5) is 51.1 Å². The van der Waals surface area contributed by atoms with Gasteiger partial charge in [0.15, 0.2) is 0 Å². The Morgan fingerprint density at radius 1 is 1.00 bits per heavy atom. The van der Waals surface area contributed by atoms with E-state index in [-0.39, 0.29) is 36.3 Å². The molecule has 1 aromatic heterocycles. The highest BCUT2D eigenvalue weighted by Gasteiger charge is 2.41. The molecule has 2 aromatic carbocycles. The second-order valence-corrected chi connectivity index (χ2v) is 9.90. The number of carbonyl (C=O) groups excluding carboxylic acids is 1. The van der Waals surface area contributed by atoms with E-state index >= 15 is 0 Å². The minimum atomic E-state index is -5.12. The lowest BCUT2D eigenvalue weighted by Gasteiger charge is -2.44. The van der Waals surface area contributed by atoms with Crippen LogP contribution >= 0.6 is 0 Å². The molecule has 44 heavy (non-hydrogen) atoms. The van der Waals surface area contributed by atoms with E-state index in [0.29, 0.717) is 18.6 Å². The van der Waals surface area contributed by atoms with E-state index in [1.165, 1.54) is 30.0 Å². The van der Waals surface area contributed by atoms with Gasteiger partial charge >= 0.3 is 18.7 Å². The summed E-state index contributed by atoms with van der Waals surface area (Å²) in [6.07, 6.45) is -15.0. The van der Waals surface area contributed by atoms with Gasteiger partial charge < -0.3 is 19.3 Å². The number of carbonyl (C=O) groups is 1. The summed E-state index contributed by atoms with van der Waals surface area (Å²) in [4.78, 5) is 16.6. The standard InChI is InChI=1S/C26H25F9N6O3/c1-4-17-10-21(19-11-18(44-26(33,34)35)5-6-20(19)41(17)22(42)13-43-3)40(23-36-38-39(2)37-23)12-14-7-15(24(27,28)29)9-16(8-14)25(30,31)32/h5-9,11,17,21H,4,10,12-13H2,1-3H3. The number of aryl methyl sites for hydroxylation is 1.